The predicted octanol–water partition coefficient (Wildman–Crippen LogP) is 4.29. The summed E-state index contributed by atoms with van der Waals surface area (Å²) < 4.78 is 3.51. The third kappa shape index (κ3) is 3.28. The van der Waals surface area contributed by atoms with Gasteiger partial charge in [0.05, 0.1) is 11.0 Å². The third-order valence-corrected chi connectivity index (χ3v) is 7.96. The first-order valence-corrected chi connectivity index (χ1v) is 12.3. The van der Waals surface area contributed by atoms with Crippen LogP contribution in [0.4, 0.5) is 0 Å². The molecule has 0 radical (unpaired) electrons. The number of carbonyl (C=O) groups is 1. The van der Waals surface area contributed by atoms with Crippen molar-refractivity contribution in [2.75, 3.05) is 20.1 Å². The molecule has 174 valence electrons. The number of para-hydroxylation sites is 2. The van der Waals surface area contributed by atoms with Crippen LogP contribution in [0, 0.1) is 0 Å². The maximum Gasteiger partial charge on any atom is 0.329 e. The highest BCUT2D eigenvalue weighted by Gasteiger charge is 2.33. The van der Waals surface area contributed by atoms with Crippen molar-refractivity contribution < 1.29 is 4.79 Å². The highest BCUT2D eigenvalue weighted by molar-refractivity contribution is 6.35. The van der Waals surface area contributed by atoms with Crippen LogP contribution in [0.1, 0.15) is 36.1 Å². The van der Waals surface area contributed by atoms with E-state index in [1.54, 1.807) is 11.6 Å². The van der Waals surface area contributed by atoms with Gasteiger partial charge in [-0.15, -0.1) is 0 Å². The summed E-state index contributed by atoms with van der Waals surface area (Å²) in [7, 11) is 1.60. The van der Waals surface area contributed by atoms with Gasteiger partial charge in [-0.2, -0.15) is 0 Å². The molecule has 6 nitrogen and oxygen atoms in total. The first-order valence-electron chi connectivity index (χ1n) is 11.9. The van der Waals surface area contributed by atoms with Crippen LogP contribution >= 0.6 is 11.6 Å². The molecule has 1 aliphatic carbocycles. The summed E-state index contributed by atoms with van der Waals surface area (Å²) in [6, 6.07) is 18.9. The normalized spacial score (nSPS) is 18.7. The van der Waals surface area contributed by atoms with E-state index in [4.69, 9.17) is 11.6 Å². The van der Waals surface area contributed by atoms with Gasteiger partial charge < -0.3 is 5.32 Å². The number of halogens is 1. The van der Waals surface area contributed by atoms with E-state index in [1.807, 2.05) is 34.9 Å². The maximum atomic E-state index is 13.4. The van der Waals surface area contributed by atoms with Crippen molar-refractivity contribution in [3.8, 4) is 0 Å². The second-order valence-corrected chi connectivity index (χ2v) is 9.77. The number of benzene rings is 3. The van der Waals surface area contributed by atoms with Crippen LogP contribution < -0.4 is 11.0 Å². The summed E-state index contributed by atoms with van der Waals surface area (Å²) >= 11 is 6.48. The molecule has 4 aromatic rings. The summed E-state index contributed by atoms with van der Waals surface area (Å²) in [5.41, 5.74) is 4.36. The van der Waals surface area contributed by atoms with Gasteiger partial charge in [-0.25, -0.2) is 4.79 Å². The van der Waals surface area contributed by atoms with Crippen LogP contribution in [0.15, 0.2) is 59.4 Å². The Morgan fingerprint density at radius 3 is 2.56 bits per heavy atom. The van der Waals surface area contributed by atoms with Crippen molar-refractivity contribution in [2.24, 2.45) is 0 Å². The molecule has 0 spiro atoms. The molecule has 0 saturated carbocycles. The number of carbonyl (C=O) groups excluding carboxylic acids is 1. The number of nitrogens with one attached hydrogen (secondary N) is 1. The molecule has 1 atom stereocenters. The highest BCUT2D eigenvalue weighted by Crippen LogP contribution is 2.43. The number of amides is 1. The van der Waals surface area contributed by atoms with Gasteiger partial charge in [-0.3, -0.25) is 18.8 Å². The Balaban J connectivity index is 1.28. The number of hydrogen-bond donors (Lipinski definition) is 1. The quantitative estimate of drug-likeness (QED) is 0.480. The number of rotatable bonds is 4. The van der Waals surface area contributed by atoms with E-state index < -0.39 is 0 Å². The first kappa shape index (κ1) is 21.4. The fourth-order valence-corrected chi connectivity index (χ4v) is 6.20. The molecule has 7 heteroatoms. The zero-order chi connectivity index (χ0) is 23.4. The minimum Gasteiger partial charge on any atom is -0.358 e. The van der Waals surface area contributed by atoms with E-state index in [-0.39, 0.29) is 24.2 Å². The van der Waals surface area contributed by atoms with Crippen molar-refractivity contribution in [1.29, 1.82) is 0 Å². The van der Waals surface area contributed by atoms with Gasteiger partial charge >= 0.3 is 5.69 Å². The number of likely N-dealkylation sites (N-methyl/N-ethyl adjacent to an activating group) is 1. The van der Waals surface area contributed by atoms with Gasteiger partial charge in [0.1, 0.15) is 6.54 Å². The smallest absolute Gasteiger partial charge is 0.329 e. The Morgan fingerprint density at radius 1 is 1.03 bits per heavy atom. The summed E-state index contributed by atoms with van der Waals surface area (Å²) in [6.07, 6.45) is 2.80. The van der Waals surface area contributed by atoms with Crippen LogP contribution in [0.25, 0.3) is 21.8 Å². The van der Waals surface area contributed by atoms with Crippen molar-refractivity contribution in [2.45, 2.75) is 37.9 Å². The number of likely N-dealkylation sites (tertiary alicyclic amines) is 1. The summed E-state index contributed by atoms with van der Waals surface area (Å²) in [6.45, 7) is 1.89. The Hall–Kier alpha value is -3.09. The molecule has 1 amide bonds. The number of piperidine rings is 1. The molecule has 1 aromatic heterocycles. The average molecular weight is 475 g/mol. The molecule has 1 unspecified atom stereocenters. The van der Waals surface area contributed by atoms with Crippen LogP contribution in [-0.4, -0.2) is 40.1 Å². The lowest BCUT2D eigenvalue weighted by Crippen LogP contribution is -2.40. The summed E-state index contributed by atoms with van der Waals surface area (Å²) in [5, 5.41) is 5.90. The number of nitrogens with zero attached hydrogens (tertiary/aromatic N) is 3. The molecule has 3 aromatic carbocycles. The summed E-state index contributed by atoms with van der Waals surface area (Å²) in [5.74, 6) is -0.171. The van der Waals surface area contributed by atoms with E-state index in [9.17, 15) is 9.59 Å². The zero-order valence-corrected chi connectivity index (χ0v) is 19.9. The Morgan fingerprint density at radius 2 is 1.79 bits per heavy atom. The van der Waals surface area contributed by atoms with E-state index in [2.05, 4.69) is 34.5 Å². The van der Waals surface area contributed by atoms with E-state index in [0.29, 0.717) is 6.04 Å². The van der Waals surface area contributed by atoms with Gasteiger partial charge in [-0.1, -0.05) is 48.0 Å². The van der Waals surface area contributed by atoms with Gasteiger partial charge in [0.15, 0.2) is 0 Å². The van der Waals surface area contributed by atoms with Crippen molar-refractivity contribution in [3.05, 3.63) is 81.2 Å². The lowest BCUT2D eigenvalue weighted by atomic mass is 9.99. The average Bonchev–Trinajstić information content (AvgIpc) is 3.38. The van der Waals surface area contributed by atoms with Crippen LogP contribution in [0.2, 0.25) is 5.02 Å². The van der Waals surface area contributed by atoms with E-state index in [0.717, 1.165) is 53.8 Å². The largest absolute Gasteiger partial charge is 0.358 e. The standard InChI is InChI=1S/C27H27ClN4O2/c1-29-25(33)16-31-22-7-2-3-8-23(22)32(27(31)34)18-11-13-30(14-12-18)24-15-17-9-10-21(28)19-5-4-6-20(24)26(17)19/h2-10,18,24H,11-16H2,1H3,(H,29,33). The van der Waals surface area contributed by atoms with Crippen LogP contribution in [0.3, 0.4) is 0 Å². The van der Waals surface area contributed by atoms with Gasteiger partial charge in [0.2, 0.25) is 5.91 Å². The van der Waals surface area contributed by atoms with Gasteiger partial charge in [0.25, 0.3) is 0 Å². The van der Waals surface area contributed by atoms with E-state index >= 15 is 0 Å². The molecule has 0 bridgehead atoms. The predicted molar refractivity (Wildman–Crippen MR) is 136 cm³/mol. The van der Waals surface area contributed by atoms with Gasteiger partial charge in [0, 0.05) is 42.6 Å². The molecule has 1 fully saturated rings. The number of aromatic nitrogens is 2. The lowest BCUT2D eigenvalue weighted by molar-refractivity contribution is -0.121. The van der Waals surface area contributed by atoms with Crippen molar-refractivity contribution in [1.82, 2.24) is 19.4 Å². The Kier molecular flexibility index (Phi) is 5.23. The molecule has 2 aliphatic rings. The second-order valence-electron chi connectivity index (χ2n) is 9.36. The minimum absolute atomic E-state index is 0.0363. The molecule has 1 aliphatic heterocycles. The molecule has 1 N–H and O–H groups in total. The van der Waals surface area contributed by atoms with Crippen molar-refractivity contribution in [3.63, 3.8) is 0 Å². The fraction of sp³-hybridized carbons (Fsp3) is 0.333. The SMILES string of the molecule is CNC(=O)Cn1c(=O)n(C2CCN(C3Cc4ccc(Cl)c5cccc3c45)CC2)c2ccccc21. The first-order chi connectivity index (χ1) is 16.6. The Bertz CT molecular complexity index is 1480. The number of fused-ring (bicyclic) bond motifs is 1. The topological polar surface area (TPSA) is 59.3 Å². The number of imidazole rings is 1. The maximum absolute atomic E-state index is 13.4. The molecule has 34 heavy (non-hydrogen) atoms. The molecule has 6 rings (SSSR count). The highest BCUT2D eigenvalue weighted by atomic mass is 35.5. The van der Waals surface area contributed by atoms with Gasteiger partial charge in [-0.05, 0) is 54.0 Å². The minimum atomic E-state index is -0.171. The second kappa shape index (κ2) is 8.29. The third-order valence-electron chi connectivity index (χ3n) is 7.63. The van der Waals surface area contributed by atoms with Crippen LogP contribution in [-0.2, 0) is 17.8 Å². The zero-order valence-electron chi connectivity index (χ0n) is 19.1. The lowest BCUT2D eigenvalue weighted by Gasteiger charge is -2.36. The van der Waals surface area contributed by atoms with Crippen LogP contribution in [0.5, 0.6) is 0 Å². The van der Waals surface area contributed by atoms with Crippen molar-refractivity contribution >= 4 is 39.3 Å². The Labute approximate surface area is 202 Å². The molecule has 1 saturated heterocycles. The molecular weight excluding hydrogens is 448 g/mol. The summed E-state index contributed by atoms with van der Waals surface area (Å²) in [4.78, 5) is 28.0. The van der Waals surface area contributed by atoms with E-state index in [1.165, 1.54) is 16.5 Å². The molecule has 2 heterocycles. The monoisotopic (exact) mass is 474 g/mol. The fourth-order valence-electron chi connectivity index (χ4n) is 5.98. The number of hydrogen-bond acceptors (Lipinski definition) is 3. The molecular formula is C27H27ClN4O2.